The molecule has 0 aliphatic heterocycles. The van der Waals surface area contributed by atoms with Gasteiger partial charge in [0.1, 0.15) is 0 Å². The lowest BCUT2D eigenvalue weighted by molar-refractivity contribution is 0.0284. The number of furan rings is 1. The number of nitrogens with one attached hydrogen (secondary N) is 1. The van der Waals surface area contributed by atoms with Crippen molar-refractivity contribution in [2.24, 2.45) is 5.14 Å². The van der Waals surface area contributed by atoms with Gasteiger partial charge in [-0.1, -0.05) is 18.2 Å². The molecule has 0 spiro atoms. The van der Waals surface area contributed by atoms with Crippen molar-refractivity contribution in [3.05, 3.63) is 53.4 Å². The van der Waals surface area contributed by atoms with E-state index in [9.17, 15) is 18.0 Å². The second kappa shape index (κ2) is 6.43. The quantitative estimate of drug-likeness (QED) is 0.518. The fourth-order valence-corrected chi connectivity index (χ4v) is 3.12. The van der Waals surface area contributed by atoms with Crippen molar-refractivity contribution in [3.8, 4) is 0 Å². The van der Waals surface area contributed by atoms with Gasteiger partial charge in [0.25, 0.3) is 10.0 Å². The third kappa shape index (κ3) is 3.26. The van der Waals surface area contributed by atoms with Crippen LogP contribution in [0, 0.1) is 6.92 Å². The van der Waals surface area contributed by atoms with E-state index in [2.05, 4.69) is 4.98 Å². The standard InChI is InChI=1S/C17H16N2O6S/c1-9-15(11-5-3-4-6-12(11)19-9)16(20)10(2)24-17(21)13-7-8-14(25-13)26(18,22)23/h3-8,10,19H,1-2H3,(H2,18,22,23). The molecule has 0 bridgehead atoms. The summed E-state index contributed by atoms with van der Waals surface area (Å²) >= 11 is 0. The number of hydrogen-bond acceptors (Lipinski definition) is 6. The molecule has 2 aromatic heterocycles. The maximum absolute atomic E-state index is 12.7. The van der Waals surface area contributed by atoms with Crippen LogP contribution in [-0.4, -0.2) is 31.3 Å². The highest BCUT2D eigenvalue weighted by atomic mass is 32.2. The van der Waals surface area contributed by atoms with Gasteiger partial charge < -0.3 is 14.1 Å². The van der Waals surface area contributed by atoms with Crippen molar-refractivity contribution >= 4 is 32.7 Å². The molecule has 0 radical (unpaired) electrons. The Balaban J connectivity index is 1.82. The molecule has 0 saturated heterocycles. The van der Waals surface area contributed by atoms with E-state index in [1.807, 2.05) is 12.1 Å². The molecular weight excluding hydrogens is 360 g/mol. The minimum atomic E-state index is -4.07. The Morgan fingerprint density at radius 3 is 2.54 bits per heavy atom. The van der Waals surface area contributed by atoms with Crippen LogP contribution < -0.4 is 5.14 Å². The zero-order valence-electron chi connectivity index (χ0n) is 14.0. The number of rotatable bonds is 5. The Morgan fingerprint density at radius 1 is 1.19 bits per heavy atom. The first kappa shape index (κ1) is 17.9. The first-order valence-electron chi connectivity index (χ1n) is 7.63. The number of carbonyl (C=O) groups is 2. The number of nitrogens with two attached hydrogens (primary N) is 1. The second-order valence-electron chi connectivity index (χ2n) is 5.75. The molecule has 1 unspecified atom stereocenters. The van der Waals surface area contributed by atoms with Crippen LogP contribution in [0.15, 0.2) is 45.9 Å². The van der Waals surface area contributed by atoms with Crippen LogP contribution in [0.1, 0.15) is 33.5 Å². The summed E-state index contributed by atoms with van der Waals surface area (Å²) in [5, 5.41) is 5.09. The average Bonchev–Trinajstić information content (AvgIpc) is 3.17. The van der Waals surface area contributed by atoms with Gasteiger partial charge in [-0.2, -0.15) is 0 Å². The first-order chi connectivity index (χ1) is 12.2. The summed E-state index contributed by atoms with van der Waals surface area (Å²) in [6.45, 7) is 3.19. The number of ketones is 1. The summed E-state index contributed by atoms with van der Waals surface area (Å²) in [6.07, 6.45) is -1.09. The molecule has 3 aromatic rings. The third-order valence-corrected chi connectivity index (χ3v) is 4.64. The van der Waals surface area contributed by atoms with Crippen LogP contribution in [0.2, 0.25) is 0 Å². The number of aromatic nitrogens is 1. The number of primary sulfonamides is 1. The number of aryl methyl sites for hydroxylation is 1. The van der Waals surface area contributed by atoms with Gasteiger partial charge in [-0.05, 0) is 32.0 Å². The lowest BCUT2D eigenvalue weighted by atomic mass is 10.0. The lowest BCUT2D eigenvalue weighted by Crippen LogP contribution is -2.24. The normalized spacial score (nSPS) is 12.9. The predicted molar refractivity (Wildman–Crippen MR) is 92.3 cm³/mol. The van der Waals surface area contributed by atoms with Gasteiger partial charge in [-0.25, -0.2) is 18.4 Å². The first-order valence-corrected chi connectivity index (χ1v) is 9.18. The van der Waals surface area contributed by atoms with Crippen molar-refractivity contribution in [3.63, 3.8) is 0 Å². The Labute approximate surface area is 149 Å². The number of sulfonamides is 1. The topological polar surface area (TPSA) is 132 Å². The largest absolute Gasteiger partial charge is 0.448 e. The molecule has 9 heteroatoms. The number of para-hydroxylation sites is 1. The highest BCUT2D eigenvalue weighted by Gasteiger charge is 2.26. The second-order valence-corrected chi connectivity index (χ2v) is 7.24. The van der Waals surface area contributed by atoms with E-state index in [4.69, 9.17) is 14.3 Å². The van der Waals surface area contributed by atoms with Gasteiger partial charge >= 0.3 is 5.97 Å². The molecule has 0 amide bonds. The van der Waals surface area contributed by atoms with E-state index < -0.39 is 27.2 Å². The van der Waals surface area contributed by atoms with Gasteiger partial charge in [0, 0.05) is 22.2 Å². The smallest absolute Gasteiger partial charge is 0.375 e. The van der Waals surface area contributed by atoms with Crippen LogP contribution >= 0.6 is 0 Å². The van der Waals surface area contributed by atoms with Crippen molar-refractivity contribution in [1.29, 1.82) is 0 Å². The summed E-state index contributed by atoms with van der Waals surface area (Å²) in [6, 6.07) is 9.45. The van der Waals surface area contributed by atoms with Gasteiger partial charge in [0.2, 0.25) is 16.6 Å². The van der Waals surface area contributed by atoms with Gasteiger partial charge in [-0.3, -0.25) is 4.79 Å². The molecule has 1 atom stereocenters. The lowest BCUT2D eigenvalue weighted by Gasteiger charge is -2.11. The van der Waals surface area contributed by atoms with Crippen molar-refractivity contribution in [1.82, 2.24) is 4.98 Å². The molecular formula is C17H16N2O6S. The zero-order chi connectivity index (χ0) is 19.1. The summed E-state index contributed by atoms with van der Waals surface area (Å²) in [7, 11) is -4.07. The minimum Gasteiger partial charge on any atom is -0.448 e. The SMILES string of the molecule is Cc1[nH]c2ccccc2c1C(=O)C(C)OC(=O)c1ccc(S(N)(=O)=O)o1. The number of esters is 1. The minimum absolute atomic E-state index is 0.357. The number of fused-ring (bicyclic) bond motifs is 1. The number of hydrogen-bond donors (Lipinski definition) is 2. The van der Waals surface area contributed by atoms with E-state index in [0.717, 1.165) is 23.0 Å². The van der Waals surface area contributed by atoms with E-state index in [0.29, 0.717) is 11.3 Å². The molecule has 0 aliphatic rings. The molecule has 0 fully saturated rings. The number of ether oxygens (including phenoxy) is 1. The average molecular weight is 376 g/mol. The Hall–Kier alpha value is -2.91. The molecule has 26 heavy (non-hydrogen) atoms. The molecule has 8 nitrogen and oxygen atoms in total. The molecule has 1 aromatic carbocycles. The van der Waals surface area contributed by atoms with E-state index >= 15 is 0 Å². The fraction of sp³-hybridized carbons (Fsp3) is 0.176. The van der Waals surface area contributed by atoms with E-state index in [1.54, 1.807) is 19.1 Å². The molecule has 0 saturated carbocycles. The molecule has 3 N–H and O–H groups in total. The monoisotopic (exact) mass is 376 g/mol. The van der Waals surface area contributed by atoms with Crippen LogP contribution in [0.4, 0.5) is 0 Å². The number of aromatic amines is 1. The Morgan fingerprint density at radius 2 is 1.88 bits per heavy atom. The maximum atomic E-state index is 12.7. The summed E-state index contributed by atoms with van der Waals surface area (Å²) in [5.41, 5.74) is 1.90. The highest BCUT2D eigenvalue weighted by molar-refractivity contribution is 7.89. The Kier molecular flexibility index (Phi) is 4.43. The third-order valence-electron chi connectivity index (χ3n) is 3.86. The zero-order valence-corrected chi connectivity index (χ0v) is 14.8. The summed E-state index contributed by atoms with van der Waals surface area (Å²) in [4.78, 5) is 27.9. The van der Waals surface area contributed by atoms with Crippen LogP contribution in [0.25, 0.3) is 10.9 Å². The molecule has 136 valence electrons. The fourth-order valence-electron chi connectivity index (χ4n) is 2.65. The van der Waals surface area contributed by atoms with Crippen LogP contribution in [0.3, 0.4) is 0 Å². The van der Waals surface area contributed by atoms with Gasteiger partial charge in [0.05, 0.1) is 0 Å². The molecule has 3 rings (SSSR count). The van der Waals surface area contributed by atoms with Crippen LogP contribution in [0.5, 0.6) is 0 Å². The molecule has 0 aliphatic carbocycles. The Bertz CT molecular complexity index is 1110. The van der Waals surface area contributed by atoms with Gasteiger partial charge in [-0.15, -0.1) is 0 Å². The molecule has 2 heterocycles. The number of benzene rings is 1. The van der Waals surface area contributed by atoms with Crippen molar-refractivity contribution < 1.29 is 27.2 Å². The van der Waals surface area contributed by atoms with Crippen molar-refractivity contribution in [2.75, 3.05) is 0 Å². The maximum Gasteiger partial charge on any atom is 0.375 e. The van der Waals surface area contributed by atoms with Crippen LogP contribution in [-0.2, 0) is 14.8 Å². The summed E-state index contributed by atoms with van der Waals surface area (Å²) < 4.78 is 32.4. The highest BCUT2D eigenvalue weighted by Crippen LogP contribution is 2.24. The number of H-pyrrole nitrogens is 1. The predicted octanol–water partition coefficient (Wildman–Crippen LogP) is 2.14. The van der Waals surface area contributed by atoms with Gasteiger partial charge in [0.15, 0.2) is 6.10 Å². The summed E-state index contributed by atoms with van der Waals surface area (Å²) in [5.74, 6) is -1.70. The number of Topliss-reactive ketones (excluding diaryl/α,β-unsaturated/α-hetero) is 1. The van der Waals surface area contributed by atoms with E-state index in [1.165, 1.54) is 6.92 Å². The number of carbonyl (C=O) groups excluding carboxylic acids is 2. The van der Waals surface area contributed by atoms with Crippen molar-refractivity contribution in [2.45, 2.75) is 25.0 Å². The van der Waals surface area contributed by atoms with E-state index in [-0.39, 0.29) is 11.5 Å².